The van der Waals surface area contributed by atoms with Gasteiger partial charge in [-0.1, -0.05) is 18.2 Å². The van der Waals surface area contributed by atoms with Crippen LogP contribution in [0.3, 0.4) is 0 Å². The van der Waals surface area contributed by atoms with Crippen LogP contribution in [0.5, 0.6) is 0 Å². The minimum absolute atomic E-state index is 0.424. The van der Waals surface area contributed by atoms with Gasteiger partial charge in [0.15, 0.2) is 5.82 Å². The van der Waals surface area contributed by atoms with Crippen molar-refractivity contribution >= 4 is 0 Å². The molecule has 0 radical (unpaired) electrons. The van der Waals surface area contributed by atoms with E-state index in [-0.39, 0.29) is 0 Å². The highest BCUT2D eigenvalue weighted by Crippen LogP contribution is 2.12. The first kappa shape index (κ1) is 11.8. The number of nitrogens with zero attached hydrogens (tertiary/aromatic N) is 3. The fraction of sp³-hybridized carbons (Fsp3) is 0.333. The molecule has 1 aromatic carbocycles. The van der Waals surface area contributed by atoms with E-state index in [1.165, 1.54) is 0 Å². The standard InChI is InChI=1S/C12H16N4O/c1-10-14-15-12(9-17-8-7-13)16(10)11-5-3-2-4-6-11/h2-6H,7-9,13H2,1H3. The van der Waals surface area contributed by atoms with Gasteiger partial charge in [-0.2, -0.15) is 0 Å². The second kappa shape index (κ2) is 5.56. The highest BCUT2D eigenvalue weighted by Gasteiger charge is 2.09. The minimum atomic E-state index is 0.424. The van der Waals surface area contributed by atoms with Crippen LogP contribution in [0, 0.1) is 6.92 Å². The maximum Gasteiger partial charge on any atom is 0.163 e. The van der Waals surface area contributed by atoms with Crippen LogP contribution < -0.4 is 5.73 Å². The van der Waals surface area contributed by atoms with Gasteiger partial charge < -0.3 is 10.5 Å². The number of aromatic nitrogens is 3. The topological polar surface area (TPSA) is 66.0 Å². The molecule has 90 valence electrons. The molecule has 5 nitrogen and oxygen atoms in total. The number of aryl methyl sites for hydroxylation is 1. The minimum Gasteiger partial charge on any atom is -0.372 e. The Morgan fingerprint density at radius 1 is 1.24 bits per heavy atom. The summed E-state index contributed by atoms with van der Waals surface area (Å²) in [4.78, 5) is 0. The molecular formula is C12H16N4O. The van der Waals surface area contributed by atoms with Gasteiger partial charge in [0.1, 0.15) is 12.4 Å². The summed E-state index contributed by atoms with van der Waals surface area (Å²) >= 11 is 0. The first-order chi connectivity index (χ1) is 8.33. The summed E-state index contributed by atoms with van der Waals surface area (Å²) in [6.07, 6.45) is 0. The average molecular weight is 232 g/mol. The monoisotopic (exact) mass is 232 g/mol. The van der Waals surface area contributed by atoms with Crippen LogP contribution >= 0.6 is 0 Å². The Morgan fingerprint density at radius 2 is 2.00 bits per heavy atom. The van der Waals surface area contributed by atoms with E-state index in [2.05, 4.69) is 10.2 Å². The zero-order valence-electron chi connectivity index (χ0n) is 9.84. The number of hydrogen-bond acceptors (Lipinski definition) is 4. The van der Waals surface area contributed by atoms with Gasteiger partial charge in [0, 0.05) is 12.2 Å². The molecular weight excluding hydrogens is 216 g/mol. The van der Waals surface area contributed by atoms with E-state index in [9.17, 15) is 0 Å². The Balaban J connectivity index is 2.24. The molecule has 2 aromatic rings. The molecule has 0 saturated carbocycles. The Labute approximate surface area is 100 Å². The first-order valence-electron chi connectivity index (χ1n) is 5.57. The first-order valence-corrected chi connectivity index (χ1v) is 5.57. The van der Waals surface area contributed by atoms with Crippen LogP contribution in [0.4, 0.5) is 0 Å². The molecule has 0 aliphatic rings. The lowest BCUT2D eigenvalue weighted by Crippen LogP contribution is -2.11. The van der Waals surface area contributed by atoms with Crippen molar-refractivity contribution in [2.75, 3.05) is 13.2 Å². The molecule has 0 unspecified atom stereocenters. The molecule has 0 fully saturated rings. The van der Waals surface area contributed by atoms with Crippen LogP contribution in [0.2, 0.25) is 0 Å². The van der Waals surface area contributed by atoms with Crippen molar-refractivity contribution in [1.29, 1.82) is 0 Å². The molecule has 1 aromatic heterocycles. The summed E-state index contributed by atoms with van der Waals surface area (Å²) in [5.41, 5.74) is 6.42. The zero-order valence-corrected chi connectivity index (χ0v) is 9.84. The van der Waals surface area contributed by atoms with Crippen molar-refractivity contribution in [2.45, 2.75) is 13.5 Å². The maximum atomic E-state index is 5.40. The van der Waals surface area contributed by atoms with Crippen LogP contribution in [-0.4, -0.2) is 27.9 Å². The van der Waals surface area contributed by atoms with Gasteiger partial charge in [-0.3, -0.25) is 4.57 Å². The number of hydrogen-bond donors (Lipinski definition) is 1. The second-order valence-corrected chi connectivity index (χ2v) is 3.68. The molecule has 0 aliphatic heterocycles. The Kier molecular flexibility index (Phi) is 3.85. The highest BCUT2D eigenvalue weighted by molar-refractivity contribution is 5.33. The number of para-hydroxylation sites is 1. The molecule has 1 heterocycles. The number of rotatable bonds is 5. The lowest BCUT2D eigenvalue weighted by atomic mass is 10.3. The van der Waals surface area contributed by atoms with Gasteiger partial charge in [0.2, 0.25) is 0 Å². The molecule has 17 heavy (non-hydrogen) atoms. The van der Waals surface area contributed by atoms with E-state index >= 15 is 0 Å². The van der Waals surface area contributed by atoms with Crippen molar-refractivity contribution in [3.63, 3.8) is 0 Å². The number of benzene rings is 1. The second-order valence-electron chi connectivity index (χ2n) is 3.68. The molecule has 0 bridgehead atoms. The third kappa shape index (κ3) is 2.69. The fourth-order valence-electron chi connectivity index (χ4n) is 1.66. The summed E-state index contributed by atoms with van der Waals surface area (Å²) in [5, 5.41) is 8.18. The van der Waals surface area contributed by atoms with Gasteiger partial charge in [-0.15, -0.1) is 10.2 Å². The molecule has 5 heteroatoms. The Bertz CT molecular complexity index is 467. The molecule has 0 atom stereocenters. The van der Waals surface area contributed by atoms with E-state index in [0.29, 0.717) is 19.8 Å². The fourth-order valence-corrected chi connectivity index (χ4v) is 1.66. The molecule has 2 N–H and O–H groups in total. The largest absolute Gasteiger partial charge is 0.372 e. The van der Waals surface area contributed by atoms with Gasteiger partial charge in [-0.05, 0) is 19.1 Å². The quantitative estimate of drug-likeness (QED) is 0.782. The van der Waals surface area contributed by atoms with E-state index in [1.54, 1.807) is 0 Å². The summed E-state index contributed by atoms with van der Waals surface area (Å²) in [7, 11) is 0. The van der Waals surface area contributed by atoms with Gasteiger partial charge in [-0.25, -0.2) is 0 Å². The number of nitrogens with two attached hydrogens (primary N) is 1. The Morgan fingerprint density at radius 3 is 2.71 bits per heavy atom. The molecule has 0 amide bonds. The smallest absolute Gasteiger partial charge is 0.163 e. The van der Waals surface area contributed by atoms with E-state index in [1.807, 2.05) is 41.8 Å². The summed E-state index contributed by atoms with van der Waals surface area (Å²) in [5.74, 6) is 1.64. The SMILES string of the molecule is Cc1nnc(COCCN)n1-c1ccccc1. The van der Waals surface area contributed by atoms with Crippen LogP contribution in [0.1, 0.15) is 11.6 Å². The van der Waals surface area contributed by atoms with Crippen molar-refractivity contribution in [3.8, 4) is 5.69 Å². The summed E-state index contributed by atoms with van der Waals surface area (Å²) in [6, 6.07) is 9.98. The van der Waals surface area contributed by atoms with E-state index in [0.717, 1.165) is 17.3 Å². The molecule has 0 spiro atoms. The lowest BCUT2D eigenvalue weighted by Gasteiger charge is -2.08. The average Bonchev–Trinajstić information content (AvgIpc) is 2.72. The predicted octanol–water partition coefficient (Wildman–Crippen LogP) is 1.05. The van der Waals surface area contributed by atoms with Gasteiger partial charge in [0.25, 0.3) is 0 Å². The molecule has 0 saturated heterocycles. The van der Waals surface area contributed by atoms with Gasteiger partial charge >= 0.3 is 0 Å². The highest BCUT2D eigenvalue weighted by atomic mass is 16.5. The van der Waals surface area contributed by atoms with E-state index < -0.39 is 0 Å². The van der Waals surface area contributed by atoms with Crippen LogP contribution in [0.25, 0.3) is 5.69 Å². The third-order valence-corrected chi connectivity index (χ3v) is 2.40. The van der Waals surface area contributed by atoms with Crippen molar-refractivity contribution < 1.29 is 4.74 Å². The lowest BCUT2D eigenvalue weighted by molar-refractivity contribution is 0.121. The number of ether oxygens (including phenoxy) is 1. The molecule has 0 aliphatic carbocycles. The van der Waals surface area contributed by atoms with Crippen molar-refractivity contribution in [2.24, 2.45) is 5.73 Å². The van der Waals surface area contributed by atoms with E-state index in [4.69, 9.17) is 10.5 Å². The van der Waals surface area contributed by atoms with Crippen molar-refractivity contribution in [1.82, 2.24) is 14.8 Å². The van der Waals surface area contributed by atoms with Crippen LogP contribution in [0.15, 0.2) is 30.3 Å². The Hall–Kier alpha value is -1.72. The summed E-state index contributed by atoms with van der Waals surface area (Å²) in [6.45, 7) is 3.39. The maximum absolute atomic E-state index is 5.40. The normalized spacial score (nSPS) is 10.7. The zero-order chi connectivity index (χ0) is 12.1. The molecule has 2 rings (SSSR count). The predicted molar refractivity (Wildman–Crippen MR) is 64.8 cm³/mol. The van der Waals surface area contributed by atoms with Gasteiger partial charge in [0.05, 0.1) is 6.61 Å². The van der Waals surface area contributed by atoms with Crippen LogP contribution in [-0.2, 0) is 11.3 Å². The summed E-state index contributed by atoms with van der Waals surface area (Å²) < 4.78 is 7.38. The third-order valence-electron chi connectivity index (χ3n) is 2.40. The van der Waals surface area contributed by atoms with Crippen molar-refractivity contribution in [3.05, 3.63) is 42.0 Å².